The number of thiol groups is 1. The van der Waals surface area contributed by atoms with E-state index < -0.39 is 0 Å². The summed E-state index contributed by atoms with van der Waals surface area (Å²) in [6, 6.07) is 20.8. The van der Waals surface area contributed by atoms with Gasteiger partial charge < -0.3 is 13.5 Å². The topological polar surface area (TPSA) is 0 Å². The largest absolute Gasteiger partial charge is 0.813 e. The molecule has 0 unspecified atom stereocenters. The van der Waals surface area contributed by atoms with Gasteiger partial charge in [-0.15, -0.1) is 0 Å². The molecule has 0 saturated carbocycles. The molecule has 2 rings (SSSR count). The molecule has 2 aromatic carbocycles. The van der Waals surface area contributed by atoms with Crippen molar-refractivity contribution in [2.75, 3.05) is 0 Å². The van der Waals surface area contributed by atoms with Crippen LogP contribution in [0.3, 0.4) is 0 Å². The summed E-state index contributed by atoms with van der Waals surface area (Å²) in [5.74, 6) is 0. The van der Waals surface area contributed by atoms with Gasteiger partial charge in [0.1, 0.15) is 0 Å². The van der Waals surface area contributed by atoms with Crippen molar-refractivity contribution < 1.29 is 0 Å². The first-order valence-electron chi connectivity index (χ1n) is 4.07. The minimum Gasteiger partial charge on any atom is -0.813 e. The van der Waals surface area contributed by atoms with Crippen molar-refractivity contribution in [3.8, 4) is 11.1 Å². The summed E-state index contributed by atoms with van der Waals surface area (Å²) in [5.41, 5.74) is 2.55. The lowest BCUT2D eigenvalue weighted by atomic mass is 10.1. The van der Waals surface area contributed by atoms with Gasteiger partial charge in [-0.3, -0.25) is 0 Å². The van der Waals surface area contributed by atoms with E-state index in [0.29, 0.717) is 0 Å². The molecule has 0 aliphatic heterocycles. The predicted molar refractivity (Wildman–Crippen MR) is 60.6 cm³/mol. The van der Waals surface area contributed by atoms with Crippen LogP contribution in [0.2, 0.25) is 0 Å². The first-order chi connectivity index (χ1) is 5.97. The van der Waals surface area contributed by atoms with Crippen LogP contribution in [0.1, 0.15) is 0 Å². The van der Waals surface area contributed by atoms with Crippen molar-refractivity contribution in [1.82, 2.24) is 0 Å². The maximum absolute atomic E-state index is 2.12. The maximum Gasteiger partial charge on any atom is -0.0184 e. The molecule has 1 heteroatoms. The van der Waals surface area contributed by atoms with Crippen molar-refractivity contribution in [1.29, 1.82) is 0 Å². The molecule has 0 aromatic heterocycles. The Morgan fingerprint density at radius 1 is 0.462 bits per heavy atom. The average molecular weight is 187 g/mol. The van der Waals surface area contributed by atoms with Crippen LogP contribution >= 0.6 is 0 Å². The Kier molecular flexibility index (Phi) is 3.59. The van der Waals surface area contributed by atoms with Gasteiger partial charge in [0.15, 0.2) is 0 Å². The quantitative estimate of drug-likeness (QED) is 0.488. The van der Waals surface area contributed by atoms with Gasteiger partial charge >= 0.3 is 0 Å². The molecule has 0 fully saturated rings. The fourth-order valence-electron chi connectivity index (χ4n) is 1.26. The van der Waals surface area contributed by atoms with Gasteiger partial charge in [0, 0.05) is 0 Å². The minimum absolute atomic E-state index is 0. The number of benzene rings is 2. The van der Waals surface area contributed by atoms with E-state index in [-0.39, 0.29) is 13.5 Å². The summed E-state index contributed by atoms with van der Waals surface area (Å²) in [6.07, 6.45) is 0. The normalized spacial score (nSPS) is 8.92. The highest BCUT2D eigenvalue weighted by Gasteiger charge is 1.91. The van der Waals surface area contributed by atoms with Crippen LogP contribution in [0, 0.1) is 0 Å². The summed E-state index contributed by atoms with van der Waals surface area (Å²) in [5, 5.41) is 0. The highest BCUT2D eigenvalue weighted by Crippen LogP contribution is 2.17. The van der Waals surface area contributed by atoms with Gasteiger partial charge in [-0.05, 0) is 11.1 Å². The second-order valence-corrected chi connectivity index (χ2v) is 2.73. The van der Waals surface area contributed by atoms with Crippen LogP contribution in [0.4, 0.5) is 0 Å². The first-order valence-corrected chi connectivity index (χ1v) is 4.07. The molecule has 0 bridgehead atoms. The zero-order valence-electron chi connectivity index (χ0n) is 7.22. The standard InChI is InChI=1S/C12H10.H2S/c1-3-7-11(8-4-1)12-9-5-2-6-10-12;/h1-10H;1H2/p-1. The Bertz CT molecular complexity index is 303. The van der Waals surface area contributed by atoms with E-state index >= 15 is 0 Å². The van der Waals surface area contributed by atoms with E-state index in [1.54, 1.807) is 0 Å². The molecule has 0 heterocycles. The number of rotatable bonds is 1. The summed E-state index contributed by atoms with van der Waals surface area (Å²) in [7, 11) is 0. The Labute approximate surface area is 85.7 Å². The molecule has 0 amide bonds. The van der Waals surface area contributed by atoms with E-state index in [9.17, 15) is 0 Å². The second-order valence-electron chi connectivity index (χ2n) is 2.73. The molecule has 0 spiro atoms. The number of hydrogen-bond acceptors (Lipinski definition) is 1. The molecule has 2 aromatic rings. The molecule has 0 N–H and O–H groups in total. The van der Waals surface area contributed by atoms with E-state index in [0.717, 1.165) is 0 Å². The fraction of sp³-hybridized carbons (Fsp3) is 0. The van der Waals surface area contributed by atoms with Crippen LogP contribution in [-0.2, 0) is 13.5 Å². The SMILES string of the molecule is [SH-].c1ccc(-c2ccccc2)cc1. The molecule has 0 radical (unpaired) electrons. The highest BCUT2D eigenvalue weighted by atomic mass is 32.1. The van der Waals surface area contributed by atoms with Gasteiger partial charge in [-0.2, -0.15) is 0 Å². The van der Waals surface area contributed by atoms with Gasteiger partial charge in [0.25, 0.3) is 0 Å². The van der Waals surface area contributed by atoms with Crippen LogP contribution in [0.5, 0.6) is 0 Å². The lowest BCUT2D eigenvalue weighted by Crippen LogP contribution is -1.73. The highest BCUT2D eigenvalue weighted by molar-refractivity contribution is 7.37. The van der Waals surface area contributed by atoms with E-state index in [1.165, 1.54) is 11.1 Å². The Morgan fingerprint density at radius 3 is 1.08 bits per heavy atom. The Morgan fingerprint density at radius 2 is 0.769 bits per heavy atom. The predicted octanol–water partition coefficient (Wildman–Crippen LogP) is 3.08. The van der Waals surface area contributed by atoms with E-state index in [2.05, 4.69) is 48.5 Å². The monoisotopic (exact) mass is 187 g/mol. The second kappa shape index (κ2) is 4.73. The van der Waals surface area contributed by atoms with Gasteiger partial charge in [0.05, 0.1) is 0 Å². The first kappa shape index (κ1) is 9.87. The van der Waals surface area contributed by atoms with Crippen LogP contribution in [0.25, 0.3) is 11.1 Å². The van der Waals surface area contributed by atoms with Crippen LogP contribution in [0.15, 0.2) is 60.7 Å². The summed E-state index contributed by atoms with van der Waals surface area (Å²) < 4.78 is 0. The smallest absolute Gasteiger partial charge is 0.0184 e. The summed E-state index contributed by atoms with van der Waals surface area (Å²) in [4.78, 5) is 0. The lowest BCUT2D eigenvalue weighted by Gasteiger charge is -1.98. The lowest BCUT2D eigenvalue weighted by molar-refractivity contribution is 1.62. The van der Waals surface area contributed by atoms with Crippen LogP contribution in [-0.4, -0.2) is 0 Å². The molecular weight excluding hydrogens is 176 g/mol. The minimum atomic E-state index is 0. The third-order valence-electron chi connectivity index (χ3n) is 1.88. The van der Waals surface area contributed by atoms with Crippen molar-refractivity contribution in [2.24, 2.45) is 0 Å². The van der Waals surface area contributed by atoms with Crippen molar-refractivity contribution in [3.05, 3.63) is 60.7 Å². The third kappa shape index (κ3) is 2.36. The molecule has 0 saturated heterocycles. The van der Waals surface area contributed by atoms with Gasteiger partial charge in [-0.1, -0.05) is 60.7 Å². The molecular formula is C12H11S-. The van der Waals surface area contributed by atoms with Gasteiger partial charge in [-0.25, -0.2) is 0 Å². The zero-order chi connectivity index (χ0) is 8.23. The maximum atomic E-state index is 2.12. The molecule has 0 atom stereocenters. The van der Waals surface area contributed by atoms with Crippen molar-refractivity contribution in [2.45, 2.75) is 0 Å². The summed E-state index contributed by atoms with van der Waals surface area (Å²) in [6.45, 7) is 0. The molecule has 0 aliphatic carbocycles. The number of hydrogen-bond donors (Lipinski definition) is 0. The Hall–Kier alpha value is -1.21. The molecule has 13 heavy (non-hydrogen) atoms. The summed E-state index contributed by atoms with van der Waals surface area (Å²) >= 11 is 0. The molecule has 0 nitrogen and oxygen atoms in total. The van der Waals surface area contributed by atoms with Gasteiger partial charge in [0.2, 0.25) is 0 Å². The van der Waals surface area contributed by atoms with E-state index in [1.807, 2.05) is 12.1 Å². The molecule has 66 valence electrons. The van der Waals surface area contributed by atoms with Crippen molar-refractivity contribution >= 4 is 13.5 Å². The fourth-order valence-corrected chi connectivity index (χ4v) is 1.26. The van der Waals surface area contributed by atoms with E-state index in [4.69, 9.17) is 0 Å². The molecule has 0 aliphatic rings. The third-order valence-corrected chi connectivity index (χ3v) is 1.88. The van der Waals surface area contributed by atoms with Crippen LogP contribution < -0.4 is 0 Å². The van der Waals surface area contributed by atoms with Crippen molar-refractivity contribution in [3.63, 3.8) is 0 Å². The average Bonchev–Trinajstić information content (AvgIpc) is 2.21. The Balaban J connectivity index is 0.000000845. The zero-order valence-corrected chi connectivity index (χ0v) is 8.12.